The summed E-state index contributed by atoms with van der Waals surface area (Å²) >= 11 is 6.18. The van der Waals surface area contributed by atoms with Gasteiger partial charge in [0.05, 0.1) is 12.1 Å². The maximum absolute atomic E-state index is 6.18. The molecular weight excluding hydrogens is 322 g/mol. The van der Waals surface area contributed by atoms with Crippen molar-refractivity contribution >= 4 is 17.5 Å². The zero-order valence-corrected chi connectivity index (χ0v) is 14.3. The van der Waals surface area contributed by atoms with Crippen molar-refractivity contribution in [3.05, 3.63) is 69.7 Å². The third-order valence-electron chi connectivity index (χ3n) is 4.72. The van der Waals surface area contributed by atoms with Crippen LogP contribution in [0.4, 0.5) is 5.95 Å². The molecule has 0 radical (unpaired) electrons. The molecular formula is C18H18ClN5. The molecule has 0 aliphatic carbocycles. The molecule has 0 fully saturated rings. The molecule has 2 aromatic carbocycles. The van der Waals surface area contributed by atoms with E-state index in [0.29, 0.717) is 5.95 Å². The minimum absolute atomic E-state index is 0.0570. The highest BCUT2D eigenvalue weighted by molar-refractivity contribution is 6.30. The third kappa shape index (κ3) is 2.65. The Morgan fingerprint density at radius 2 is 1.96 bits per heavy atom. The van der Waals surface area contributed by atoms with Crippen LogP contribution in [0.3, 0.4) is 0 Å². The van der Waals surface area contributed by atoms with Crippen molar-refractivity contribution in [2.45, 2.75) is 32.4 Å². The lowest BCUT2D eigenvalue weighted by atomic mass is 9.92. The average molecular weight is 340 g/mol. The van der Waals surface area contributed by atoms with E-state index in [-0.39, 0.29) is 12.1 Å². The molecule has 0 bridgehead atoms. The van der Waals surface area contributed by atoms with Gasteiger partial charge in [-0.2, -0.15) is 0 Å². The molecule has 1 aliphatic rings. The Morgan fingerprint density at radius 3 is 2.75 bits per heavy atom. The standard InChI is InChI=1S/C18H18ClN5/c1-11-6-7-13(8-12(11)2)16-10-17(14-4-3-5-15(19)9-14)24-18(20-16)21-22-23-24/h3-9,16-17H,10H2,1-2H3,(H,20,21,23). The molecule has 1 aromatic heterocycles. The summed E-state index contributed by atoms with van der Waals surface area (Å²) in [6, 6.07) is 14.7. The van der Waals surface area contributed by atoms with E-state index in [2.05, 4.69) is 59.0 Å². The second-order valence-corrected chi connectivity index (χ2v) is 6.73. The lowest BCUT2D eigenvalue weighted by molar-refractivity contribution is 0.423. The minimum atomic E-state index is 0.0570. The number of aromatic nitrogens is 4. The van der Waals surface area contributed by atoms with Crippen molar-refractivity contribution in [1.82, 2.24) is 20.2 Å². The topological polar surface area (TPSA) is 55.6 Å². The molecule has 3 aromatic rings. The molecule has 0 saturated carbocycles. The van der Waals surface area contributed by atoms with E-state index < -0.39 is 0 Å². The highest BCUT2D eigenvalue weighted by Gasteiger charge is 2.30. The molecule has 0 amide bonds. The van der Waals surface area contributed by atoms with Crippen molar-refractivity contribution in [2.24, 2.45) is 0 Å². The van der Waals surface area contributed by atoms with E-state index in [4.69, 9.17) is 11.6 Å². The molecule has 122 valence electrons. The first-order chi connectivity index (χ1) is 11.6. The Morgan fingerprint density at radius 1 is 1.08 bits per heavy atom. The zero-order chi connectivity index (χ0) is 16.7. The number of halogens is 1. The number of rotatable bonds is 2. The van der Waals surface area contributed by atoms with Gasteiger partial charge in [0.15, 0.2) is 0 Å². The fourth-order valence-corrected chi connectivity index (χ4v) is 3.43. The van der Waals surface area contributed by atoms with Crippen LogP contribution in [0.25, 0.3) is 0 Å². The first-order valence-electron chi connectivity index (χ1n) is 7.99. The summed E-state index contributed by atoms with van der Waals surface area (Å²) in [6.45, 7) is 4.27. The van der Waals surface area contributed by atoms with Crippen LogP contribution in [0.2, 0.25) is 5.02 Å². The molecule has 6 heteroatoms. The Kier molecular flexibility index (Phi) is 3.73. The van der Waals surface area contributed by atoms with Gasteiger partial charge in [0.1, 0.15) is 0 Å². The number of nitrogens with one attached hydrogen (secondary N) is 1. The summed E-state index contributed by atoms with van der Waals surface area (Å²) < 4.78 is 1.84. The van der Waals surface area contributed by atoms with Gasteiger partial charge in [-0.15, -0.1) is 0 Å². The number of aryl methyl sites for hydroxylation is 2. The smallest absolute Gasteiger partial charge is 0.243 e. The summed E-state index contributed by atoms with van der Waals surface area (Å²) in [4.78, 5) is 0. The van der Waals surface area contributed by atoms with Crippen LogP contribution in [-0.2, 0) is 0 Å². The van der Waals surface area contributed by atoms with Crippen LogP contribution in [0.1, 0.15) is 40.8 Å². The maximum Gasteiger partial charge on any atom is 0.243 e. The molecule has 5 nitrogen and oxygen atoms in total. The number of fused-ring (bicyclic) bond motifs is 1. The van der Waals surface area contributed by atoms with Gasteiger partial charge in [0.2, 0.25) is 5.95 Å². The van der Waals surface area contributed by atoms with E-state index in [1.54, 1.807) is 0 Å². The van der Waals surface area contributed by atoms with Gasteiger partial charge in [0.25, 0.3) is 0 Å². The minimum Gasteiger partial charge on any atom is -0.346 e. The molecule has 24 heavy (non-hydrogen) atoms. The number of benzene rings is 2. The molecule has 2 heterocycles. The van der Waals surface area contributed by atoms with Gasteiger partial charge in [0, 0.05) is 5.02 Å². The fraction of sp³-hybridized carbons (Fsp3) is 0.278. The third-order valence-corrected chi connectivity index (χ3v) is 4.95. The molecule has 0 saturated heterocycles. The predicted octanol–water partition coefficient (Wildman–Crippen LogP) is 4.09. The number of hydrogen-bond acceptors (Lipinski definition) is 4. The summed E-state index contributed by atoms with van der Waals surface area (Å²) in [7, 11) is 0. The summed E-state index contributed by atoms with van der Waals surface area (Å²) in [5.41, 5.74) is 4.95. The quantitative estimate of drug-likeness (QED) is 0.764. The average Bonchev–Trinajstić information content (AvgIpc) is 3.05. The van der Waals surface area contributed by atoms with E-state index in [1.807, 2.05) is 22.9 Å². The number of nitrogens with zero attached hydrogens (tertiary/aromatic N) is 4. The molecule has 2 unspecified atom stereocenters. The van der Waals surface area contributed by atoms with Gasteiger partial charge >= 0.3 is 0 Å². The van der Waals surface area contributed by atoms with Crippen molar-refractivity contribution in [3.8, 4) is 0 Å². The van der Waals surface area contributed by atoms with Crippen molar-refractivity contribution < 1.29 is 0 Å². The van der Waals surface area contributed by atoms with E-state index >= 15 is 0 Å². The van der Waals surface area contributed by atoms with Crippen LogP contribution in [0.15, 0.2) is 42.5 Å². The van der Waals surface area contributed by atoms with Crippen LogP contribution >= 0.6 is 11.6 Å². The number of anilines is 1. The van der Waals surface area contributed by atoms with Crippen molar-refractivity contribution in [3.63, 3.8) is 0 Å². The lowest BCUT2D eigenvalue weighted by Gasteiger charge is -2.31. The van der Waals surface area contributed by atoms with Gasteiger partial charge in [-0.25, -0.2) is 4.68 Å². The predicted molar refractivity (Wildman–Crippen MR) is 94.3 cm³/mol. The summed E-state index contributed by atoms with van der Waals surface area (Å²) in [6.07, 6.45) is 0.862. The van der Waals surface area contributed by atoms with Gasteiger partial charge in [-0.1, -0.05) is 47.0 Å². The van der Waals surface area contributed by atoms with Crippen LogP contribution in [0, 0.1) is 13.8 Å². The molecule has 0 spiro atoms. The van der Waals surface area contributed by atoms with Crippen molar-refractivity contribution in [1.29, 1.82) is 0 Å². The first-order valence-corrected chi connectivity index (χ1v) is 8.36. The Balaban J connectivity index is 1.74. The van der Waals surface area contributed by atoms with Gasteiger partial charge in [-0.3, -0.25) is 0 Å². The molecule has 1 aliphatic heterocycles. The van der Waals surface area contributed by atoms with Gasteiger partial charge in [-0.05, 0) is 65.1 Å². The Hall–Kier alpha value is -2.40. The largest absolute Gasteiger partial charge is 0.346 e. The zero-order valence-electron chi connectivity index (χ0n) is 13.6. The van der Waals surface area contributed by atoms with E-state index in [0.717, 1.165) is 17.0 Å². The molecule has 1 N–H and O–H groups in total. The summed E-state index contributed by atoms with van der Waals surface area (Å²) in [5, 5.41) is 16.3. The molecule has 2 atom stereocenters. The highest BCUT2D eigenvalue weighted by Crippen LogP contribution is 2.37. The molecule has 4 rings (SSSR count). The lowest BCUT2D eigenvalue weighted by Crippen LogP contribution is -2.28. The van der Waals surface area contributed by atoms with Crippen LogP contribution in [-0.4, -0.2) is 20.2 Å². The Bertz CT molecular complexity index is 889. The van der Waals surface area contributed by atoms with Crippen molar-refractivity contribution in [2.75, 3.05) is 5.32 Å². The highest BCUT2D eigenvalue weighted by atomic mass is 35.5. The monoisotopic (exact) mass is 339 g/mol. The van der Waals surface area contributed by atoms with E-state index in [1.165, 1.54) is 16.7 Å². The first kappa shape index (κ1) is 15.1. The second kappa shape index (κ2) is 5.91. The number of hydrogen-bond donors (Lipinski definition) is 1. The fourth-order valence-electron chi connectivity index (χ4n) is 3.23. The maximum atomic E-state index is 6.18. The van der Waals surface area contributed by atoms with Crippen LogP contribution < -0.4 is 5.32 Å². The SMILES string of the molecule is Cc1ccc(C2CC(c3cccc(Cl)c3)n3nnnc3N2)cc1C. The van der Waals surface area contributed by atoms with E-state index in [9.17, 15) is 0 Å². The second-order valence-electron chi connectivity index (χ2n) is 6.29. The number of tetrazole rings is 1. The normalized spacial score (nSPS) is 19.6. The Labute approximate surface area is 145 Å². The van der Waals surface area contributed by atoms with Gasteiger partial charge < -0.3 is 5.32 Å². The summed E-state index contributed by atoms with van der Waals surface area (Å²) in [5.74, 6) is 0.689. The van der Waals surface area contributed by atoms with Crippen LogP contribution in [0.5, 0.6) is 0 Å².